The molecule has 0 unspecified atom stereocenters. The van der Waals surface area contributed by atoms with Crippen molar-refractivity contribution >= 4 is 10.9 Å². The minimum absolute atomic E-state index is 0.499. The van der Waals surface area contributed by atoms with Gasteiger partial charge < -0.3 is 4.42 Å². The van der Waals surface area contributed by atoms with Crippen LogP contribution in [0.2, 0.25) is 0 Å². The van der Waals surface area contributed by atoms with Crippen LogP contribution in [0.25, 0.3) is 33.8 Å². The van der Waals surface area contributed by atoms with Crippen molar-refractivity contribution in [2.75, 3.05) is 0 Å². The SMILES string of the molecule is Cc1ccccc1-c1nnc(-c2cc3ccccc3nc2C)o1. The highest BCUT2D eigenvalue weighted by Crippen LogP contribution is 2.29. The number of nitrogens with zero attached hydrogens (tertiary/aromatic N) is 3. The number of hydrogen-bond acceptors (Lipinski definition) is 4. The lowest BCUT2D eigenvalue weighted by Crippen LogP contribution is -1.89. The first-order chi connectivity index (χ1) is 11.2. The number of aryl methyl sites for hydroxylation is 2. The van der Waals surface area contributed by atoms with E-state index in [-0.39, 0.29) is 0 Å². The van der Waals surface area contributed by atoms with Gasteiger partial charge >= 0.3 is 0 Å². The molecule has 0 radical (unpaired) electrons. The molecule has 2 aromatic heterocycles. The summed E-state index contributed by atoms with van der Waals surface area (Å²) in [5.74, 6) is 1.03. The number of hydrogen-bond donors (Lipinski definition) is 0. The molecule has 0 aliphatic rings. The molecule has 4 nitrogen and oxygen atoms in total. The largest absolute Gasteiger partial charge is 0.416 e. The van der Waals surface area contributed by atoms with Crippen LogP contribution in [0.15, 0.2) is 59.0 Å². The molecule has 0 fully saturated rings. The van der Waals surface area contributed by atoms with Crippen molar-refractivity contribution in [2.24, 2.45) is 0 Å². The first kappa shape index (κ1) is 13.6. The van der Waals surface area contributed by atoms with Crippen LogP contribution in [0.3, 0.4) is 0 Å². The molecule has 112 valence electrons. The molecule has 4 rings (SSSR count). The van der Waals surface area contributed by atoms with Gasteiger partial charge in [0.15, 0.2) is 0 Å². The minimum Gasteiger partial charge on any atom is -0.416 e. The maximum Gasteiger partial charge on any atom is 0.250 e. The Balaban J connectivity index is 1.83. The number of fused-ring (bicyclic) bond motifs is 1. The molecule has 0 spiro atoms. The van der Waals surface area contributed by atoms with E-state index in [0.29, 0.717) is 11.8 Å². The fraction of sp³-hybridized carbons (Fsp3) is 0.105. The summed E-state index contributed by atoms with van der Waals surface area (Å²) in [6, 6.07) is 18.0. The zero-order chi connectivity index (χ0) is 15.8. The number of pyridine rings is 1. The third-order valence-electron chi connectivity index (χ3n) is 3.95. The summed E-state index contributed by atoms with van der Waals surface area (Å²) >= 11 is 0. The molecule has 4 heteroatoms. The van der Waals surface area contributed by atoms with Gasteiger partial charge in [0.25, 0.3) is 0 Å². The fourth-order valence-corrected chi connectivity index (χ4v) is 2.68. The lowest BCUT2D eigenvalue weighted by Gasteiger charge is -2.03. The Labute approximate surface area is 133 Å². The van der Waals surface area contributed by atoms with E-state index in [1.807, 2.05) is 68.4 Å². The van der Waals surface area contributed by atoms with Gasteiger partial charge in [-0.2, -0.15) is 0 Å². The predicted molar refractivity (Wildman–Crippen MR) is 89.9 cm³/mol. The van der Waals surface area contributed by atoms with E-state index >= 15 is 0 Å². The van der Waals surface area contributed by atoms with E-state index in [2.05, 4.69) is 15.2 Å². The van der Waals surface area contributed by atoms with Gasteiger partial charge in [-0.15, -0.1) is 10.2 Å². The molecule has 0 N–H and O–H groups in total. The summed E-state index contributed by atoms with van der Waals surface area (Å²) in [5, 5.41) is 9.47. The smallest absolute Gasteiger partial charge is 0.250 e. The van der Waals surface area contributed by atoms with Gasteiger partial charge in [0.1, 0.15) is 0 Å². The van der Waals surface area contributed by atoms with Crippen molar-refractivity contribution < 1.29 is 4.42 Å². The van der Waals surface area contributed by atoms with Crippen LogP contribution in [0.1, 0.15) is 11.3 Å². The van der Waals surface area contributed by atoms with Crippen molar-refractivity contribution in [3.05, 3.63) is 65.9 Å². The lowest BCUT2D eigenvalue weighted by molar-refractivity contribution is 0.583. The van der Waals surface area contributed by atoms with E-state index in [4.69, 9.17) is 4.42 Å². The second kappa shape index (κ2) is 5.32. The molecule has 4 aromatic rings. The Kier molecular flexibility index (Phi) is 3.15. The van der Waals surface area contributed by atoms with Crippen molar-refractivity contribution in [2.45, 2.75) is 13.8 Å². The Bertz CT molecular complexity index is 1000. The molecule has 23 heavy (non-hydrogen) atoms. The average Bonchev–Trinajstić information content (AvgIpc) is 3.04. The predicted octanol–water partition coefficient (Wildman–Crippen LogP) is 4.57. The van der Waals surface area contributed by atoms with Crippen molar-refractivity contribution in [1.29, 1.82) is 0 Å². The molecule has 0 aliphatic carbocycles. The van der Waals surface area contributed by atoms with E-state index in [9.17, 15) is 0 Å². The Hall–Kier alpha value is -3.01. The molecular formula is C19H15N3O. The van der Waals surface area contributed by atoms with Gasteiger partial charge in [0.05, 0.1) is 16.8 Å². The number of rotatable bonds is 2. The molecule has 0 saturated heterocycles. The van der Waals surface area contributed by atoms with E-state index < -0.39 is 0 Å². The molecule has 0 saturated carbocycles. The van der Waals surface area contributed by atoms with Gasteiger partial charge in [0, 0.05) is 10.9 Å². The Morgan fingerprint density at radius 3 is 2.30 bits per heavy atom. The highest BCUT2D eigenvalue weighted by atomic mass is 16.4. The highest BCUT2D eigenvalue weighted by molar-refractivity contribution is 5.83. The number of aromatic nitrogens is 3. The second-order valence-electron chi connectivity index (χ2n) is 5.54. The molecule has 2 heterocycles. The molecule has 0 aliphatic heterocycles. The first-order valence-electron chi connectivity index (χ1n) is 7.48. The summed E-state index contributed by atoms with van der Waals surface area (Å²) < 4.78 is 5.90. The average molecular weight is 301 g/mol. The van der Waals surface area contributed by atoms with Gasteiger partial charge in [0.2, 0.25) is 11.8 Å². The van der Waals surface area contributed by atoms with Gasteiger partial charge in [-0.1, -0.05) is 36.4 Å². The van der Waals surface area contributed by atoms with Crippen LogP contribution in [0.5, 0.6) is 0 Å². The van der Waals surface area contributed by atoms with E-state index in [1.165, 1.54) is 0 Å². The highest BCUT2D eigenvalue weighted by Gasteiger charge is 2.15. The van der Waals surface area contributed by atoms with Crippen LogP contribution in [0, 0.1) is 13.8 Å². The fourth-order valence-electron chi connectivity index (χ4n) is 2.68. The van der Waals surface area contributed by atoms with Gasteiger partial charge in [-0.25, -0.2) is 0 Å². The molecule has 0 atom stereocenters. The normalized spacial score (nSPS) is 11.0. The zero-order valence-electron chi connectivity index (χ0n) is 12.9. The third-order valence-corrected chi connectivity index (χ3v) is 3.95. The summed E-state index contributed by atoms with van der Waals surface area (Å²) in [5.41, 5.74) is 4.78. The third kappa shape index (κ3) is 2.38. The van der Waals surface area contributed by atoms with Gasteiger partial charge in [-0.3, -0.25) is 4.98 Å². The van der Waals surface area contributed by atoms with E-state index in [0.717, 1.165) is 33.3 Å². The second-order valence-corrected chi connectivity index (χ2v) is 5.54. The van der Waals surface area contributed by atoms with Crippen LogP contribution in [-0.2, 0) is 0 Å². The lowest BCUT2D eigenvalue weighted by atomic mass is 10.1. The summed E-state index contributed by atoms with van der Waals surface area (Å²) in [4.78, 5) is 4.62. The molecular weight excluding hydrogens is 286 g/mol. The van der Waals surface area contributed by atoms with Crippen molar-refractivity contribution in [1.82, 2.24) is 15.2 Å². The van der Waals surface area contributed by atoms with E-state index in [1.54, 1.807) is 0 Å². The summed E-state index contributed by atoms with van der Waals surface area (Å²) in [6.07, 6.45) is 0. The summed E-state index contributed by atoms with van der Waals surface area (Å²) in [6.45, 7) is 3.99. The number of para-hydroxylation sites is 1. The molecule has 2 aromatic carbocycles. The monoisotopic (exact) mass is 301 g/mol. The minimum atomic E-state index is 0.499. The van der Waals surface area contributed by atoms with Crippen molar-refractivity contribution in [3.63, 3.8) is 0 Å². The van der Waals surface area contributed by atoms with Crippen LogP contribution in [0.4, 0.5) is 0 Å². The summed E-state index contributed by atoms with van der Waals surface area (Å²) in [7, 11) is 0. The zero-order valence-corrected chi connectivity index (χ0v) is 12.9. The van der Waals surface area contributed by atoms with Crippen LogP contribution < -0.4 is 0 Å². The van der Waals surface area contributed by atoms with Crippen LogP contribution in [-0.4, -0.2) is 15.2 Å². The Morgan fingerprint density at radius 1 is 0.783 bits per heavy atom. The maximum absolute atomic E-state index is 5.90. The Morgan fingerprint density at radius 2 is 1.48 bits per heavy atom. The quantitative estimate of drug-likeness (QED) is 0.544. The number of benzene rings is 2. The van der Waals surface area contributed by atoms with Gasteiger partial charge in [-0.05, 0) is 37.6 Å². The molecule has 0 amide bonds. The topological polar surface area (TPSA) is 51.8 Å². The maximum atomic E-state index is 5.90. The first-order valence-corrected chi connectivity index (χ1v) is 7.48. The molecule has 0 bridgehead atoms. The van der Waals surface area contributed by atoms with Crippen molar-refractivity contribution in [3.8, 4) is 22.9 Å². The standard InChI is InChI=1S/C19H15N3O/c1-12-7-3-5-9-15(12)18-21-22-19(23-18)16-11-14-8-4-6-10-17(14)20-13(16)2/h3-11H,1-2H3. The van der Waals surface area contributed by atoms with Crippen LogP contribution >= 0.6 is 0 Å².